The highest BCUT2D eigenvalue weighted by Crippen LogP contribution is 2.68. The van der Waals surface area contributed by atoms with Crippen molar-refractivity contribution in [1.82, 2.24) is 9.97 Å². The molecular formula is C27H31N3OS. The third-order valence-corrected chi connectivity index (χ3v) is 10.6. The van der Waals surface area contributed by atoms with E-state index in [0.717, 1.165) is 55.9 Å². The van der Waals surface area contributed by atoms with Crippen molar-refractivity contribution in [3.63, 3.8) is 0 Å². The number of aryl methyl sites for hydroxylation is 1. The fourth-order valence-electron chi connectivity index (χ4n) is 7.73. The number of aromatic nitrogens is 2. The minimum atomic E-state index is -0.934. The molecule has 4 aliphatic carbocycles. The quantitative estimate of drug-likeness (QED) is 0.571. The van der Waals surface area contributed by atoms with Crippen molar-refractivity contribution in [2.75, 3.05) is 5.32 Å². The Morgan fingerprint density at radius 1 is 1.19 bits per heavy atom. The number of thiazole rings is 1. The maximum atomic E-state index is 11.2. The summed E-state index contributed by atoms with van der Waals surface area (Å²) in [6.45, 7) is 4.76. The van der Waals surface area contributed by atoms with E-state index in [-0.39, 0.29) is 10.8 Å². The second-order valence-electron chi connectivity index (χ2n) is 10.8. The Bertz CT molecular complexity index is 1130. The molecule has 0 aliphatic heterocycles. The van der Waals surface area contributed by atoms with Gasteiger partial charge in [-0.1, -0.05) is 43.2 Å². The number of allylic oxidation sites excluding steroid dienone is 2. The van der Waals surface area contributed by atoms with Crippen LogP contribution in [-0.4, -0.2) is 20.7 Å². The van der Waals surface area contributed by atoms with Gasteiger partial charge >= 0.3 is 0 Å². The van der Waals surface area contributed by atoms with Crippen molar-refractivity contribution in [3.05, 3.63) is 41.0 Å². The smallest absolute Gasteiger partial charge is 0.189 e. The van der Waals surface area contributed by atoms with Crippen LogP contribution in [0.4, 0.5) is 10.9 Å². The summed E-state index contributed by atoms with van der Waals surface area (Å²) in [5.41, 5.74) is 1.86. The average Bonchev–Trinajstić information content (AvgIpc) is 3.32. The Morgan fingerprint density at radius 3 is 2.81 bits per heavy atom. The summed E-state index contributed by atoms with van der Waals surface area (Å²) in [7, 11) is 0. The molecule has 0 saturated heterocycles. The second kappa shape index (κ2) is 6.92. The molecule has 0 amide bonds. The Labute approximate surface area is 194 Å². The molecule has 6 atom stereocenters. The van der Waals surface area contributed by atoms with E-state index in [0.29, 0.717) is 17.8 Å². The van der Waals surface area contributed by atoms with Crippen LogP contribution in [0.1, 0.15) is 62.9 Å². The third-order valence-electron chi connectivity index (χ3n) is 9.58. The molecule has 2 aromatic rings. The van der Waals surface area contributed by atoms with E-state index in [2.05, 4.69) is 36.1 Å². The molecule has 2 heterocycles. The molecule has 0 spiro atoms. The summed E-state index contributed by atoms with van der Waals surface area (Å²) in [4.78, 5) is 10.7. The molecule has 0 bridgehead atoms. The van der Waals surface area contributed by atoms with Gasteiger partial charge in [0, 0.05) is 11.6 Å². The highest BCUT2D eigenvalue weighted by molar-refractivity contribution is 7.16. The second-order valence-corrected chi connectivity index (χ2v) is 11.8. The molecule has 2 N–H and O–H groups in total. The van der Waals surface area contributed by atoms with Crippen LogP contribution in [0.25, 0.3) is 5.57 Å². The standard InChI is InChI=1S/C27H31N3OS/c1-4-27(31)15-11-19-17-8-9-20-23-21(29-24(32-23)30-22-7-5-6-16-28-22)12-13-25(20,2)18(17)10-14-26(19,27)3/h1,5-7,9,16-19,31H,8,10-15H2,2-3H3,(H,28,29,30). The predicted octanol–water partition coefficient (Wildman–Crippen LogP) is 5.83. The van der Waals surface area contributed by atoms with Gasteiger partial charge in [-0.2, -0.15) is 0 Å². The summed E-state index contributed by atoms with van der Waals surface area (Å²) in [6, 6.07) is 5.90. The number of terminal acetylenes is 1. The van der Waals surface area contributed by atoms with Crippen LogP contribution < -0.4 is 5.32 Å². The van der Waals surface area contributed by atoms with Gasteiger partial charge in [-0.15, -0.1) is 6.42 Å². The number of anilines is 2. The van der Waals surface area contributed by atoms with Gasteiger partial charge in [0.05, 0.1) is 10.6 Å². The lowest BCUT2D eigenvalue weighted by molar-refractivity contribution is -0.0886. The van der Waals surface area contributed by atoms with Gasteiger partial charge in [-0.05, 0) is 85.8 Å². The van der Waals surface area contributed by atoms with Crippen molar-refractivity contribution >= 4 is 27.9 Å². The van der Waals surface area contributed by atoms with Crippen LogP contribution in [0.15, 0.2) is 30.5 Å². The number of aliphatic hydroxyl groups is 1. The molecule has 0 radical (unpaired) electrons. The molecule has 5 heteroatoms. The van der Waals surface area contributed by atoms with Crippen LogP contribution >= 0.6 is 11.3 Å². The fraction of sp³-hybridized carbons (Fsp3) is 0.556. The largest absolute Gasteiger partial charge is 0.377 e. The lowest BCUT2D eigenvalue weighted by atomic mass is 9.47. The van der Waals surface area contributed by atoms with E-state index >= 15 is 0 Å². The molecular weight excluding hydrogens is 414 g/mol. The van der Waals surface area contributed by atoms with Crippen LogP contribution in [0.3, 0.4) is 0 Å². The number of hydrogen-bond acceptors (Lipinski definition) is 5. The van der Waals surface area contributed by atoms with E-state index in [9.17, 15) is 5.11 Å². The monoisotopic (exact) mass is 445 g/mol. The summed E-state index contributed by atoms with van der Waals surface area (Å²) >= 11 is 1.78. The maximum absolute atomic E-state index is 11.2. The van der Waals surface area contributed by atoms with Gasteiger partial charge < -0.3 is 10.4 Å². The van der Waals surface area contributed by atoms with Crippen LogP contribution in [0.2, 0.25) is 0 Å². The van der Waals surface area contributed by atoms with Gasteiger partial charge in [-0.3, -0.25) is 0 Å². The van der Waals surface area contributed by atoms with Gasteiger partial charge in [0.25, 0.3) is 0 Å². The summed E-state index contributed by atoms with van der Waals surface area (Å²) in [6.07, 6.45) is 17.4. The van der Waals surface area contributed by atoms with E-state index in [1.165, 1.54) is 16.1 Å². The minimum absolute atomic E-state index is 0.144. The molecule has 4 nitrogen and oxygen atoms in total. The van der Waals surface area contributed by atoms with Gasteiger partial charge in [0.15, 0.2) is 5.13 Å². The highest BCUT2D eigenvalue weighted by Gasteiger charge is 2.63. The molecule has 32 heavy (non-hydrogen) atoms. The average molecular weight is 446 g/mol. The molecule has 166 valence electrons. The first-order valence-electron chi connectivity index (χ1n) is 12.0. The van der Waals surface area contributed by atoms with Crippen LogP contribution in [0.5, 0.6) is 0 Å². The molecule has 0 aromatic carbocycles. The molecule has 2 saturated carbocycles. The number of pyridine rings is 1. The van der Waals surface area contributed by atoms with Crippen LogP contribution in [0, 0.1) is 40.9 Å². The zero-order chi connectivity index (χ0) is 22.1. The predicted molar refractivity (Wildman–Crippen MR) is 129 cm³/mol. The van der Waals surface area contributed by atoms with Gasteiger partial charge in [0.2, 0.25) is 0 Å². The molecule has 2 fully saturated rings. The number of fused-ring (bicyclic) bond motifs is 7. The Kier molecular flexibility index (Phi) is 4.42. The SMILES string of the molecule is C#CC1(O)CCC2C3CC=C4c5sc(Nc6ccccn6)nc5CCC4(C)C3CCC21C. The Balaban J connectivity index is 1.34. The van der Waals surface area contributed by atoms with E-state index in [1.807, 2.05) is 18.2 Å². The summed E-state index contributed by atoms with van der Waals surface area (Å²) in [5, 5.41) is 15.6. The first kappa shape index (κ1) is 20.4. The van der Waals surface area contributed by atoms with Crippen LogP contribution in [-0.2, 0) is 6.42 Å². The zero-order valence-corrected chi connectivity index (χ0v) is 19.7. The highest BCUT2D eigenvalue weighted by atomic mass is 32.1. The van der Waals surface area contributed by atoms with Crippen molar-refractivity contribution in [3.8, 4) is 12.3 Å². The molecule has 4 aliphatic rings. The first-order valence-corrected chi connectivity index (χ1v) is 12.8. The molecule has 6 rings (SSSR count). The molecule has 6 unspecified atom stereocenters. The number of nitrogens with zero attached hydrogens (tertiary/aromatic N) is 2. The zero-order valence-electron chi connectivity index (χ0n) is 18.9. The van der Waals surface area contributed by atoms with Crippen molar-refractivity contribution < 1.29 is 5.11 Å². The van der Waals surface area contributed by atoms with Crippen molar-refractivity contribution in [1.29, 1.82) is 0 Å². The Hall–Kier alpha value is -2.16. The topological polar surface area (TPSA) is 58.0 Å². The summed E-state index contributed by atoms with van der Waals surface area (Å²) in [5.74, 6) is 5.43. The lowest BCUT2D eigenvalue weighted by Gasteiger charge is -2.57. The minimum Gasteiger partial charge on any atom is -0.377 e. The van der Waals surface area contributed by atoms with Gasteiger partial charge in [0.1, 0.15) is 11.4 Å². The first-order chi connectivity index (χ1) is 15.4. The van der Waals surface area contributed by atoms with E-state index < -0.39 is 5.60 Å². The lowest BCUT2D eigenvalue weighted by Crippen LogP contribution is -2.53. The third kappa shape index (κ3) is 2.66. The normalized spacial score (nSPS) is 39.7. The van der Waals surface area contributed by atoms with Crippen molar-refractivity contribution in [2.24, 2.45) is 28.6 Å². The van der Waals surface area contributed by atoms with Crippen molar-refractivity contribution in [2.45, 2.75) is 64.4 Å². The number of hydrogen-bond donors (Lipinski definition) is 2. The van der Waals surface area contributed by atoms with E-state index in [4.69, 9.17) is 11.4 Å². The maximum Gasteiger partial charge on any atom is 0.189 e. The molecule has 2 aromatic heterocycles. The Morgan fingerprint density at radius 2 is 2.03 bits per heavy atom. The number of nitrogens with one attached hydrogen (secondary N) is 1. The summed E-state index contributed by atoms with van der Waals surface area (Å²) < 4.78 is 0. The fourth-order valence-corrected chi connectivity index (χ4v) is 8.93. The number of rotatable bonds is 2. The van der Waals surface area contributed by atoms with E-state index in [1.54, 1.807) is 17.5 Å². The van der Waals surface area contributed by atoms with Gasteiger partial charge in [-0.25, -0.2) is 9.97 Å².